The van der Waals surface area contributed by atoms with E-state index in [1.807, 2.05) is 30.1 Å². The molecule has 1 N–H and O–H groups in total. The molecule has 12 heteroatoms. The quantitative estimate of drug-likeness (QED) is 0.396. The molecule has 3 aliphatic rings. The largest absolute Gasteiger partial charge is 0.380 e. The van der Waals surface area contributed by atoms with Crippen LogP contribution in [-0.4, -0.2) is 131 Å². The molecule has 4 radical (unpaired) electrons. The summed E-state index contributed by atoms with van der Waals surface area (Å²) in [5.74, 6) is 0. The number of hydrogen-bond donors (Lipinski definition) is 1. The lowest BCUT2D eigenvalue weighted by Crippen LogP contribution is -2.54. The third-order valence-electron chi connectivity index (χ3n) is 6.06. The third kappa shape index (κ3) is 8.02. The molecule has 5 unspecified atom stereocenters. The van der Waals surface area contributed by atoms with E-state index in [0.717, 1.165) is 13.1 Å². The van der Waals surface area contributed by atoms with Gasteiger partial charge in [-0.2, -0.15) is 0 Å². The molecule has 5 atom stereocenters. The summed E-state index contributed by atoms with van der Waals surface area (Å²) in [5, 5.41) is 3.32. The van der Waals surface area contributed by atoms with Gasteiger partial charge in [-0.1, -0.05) is 0 Å². The Hall–Kier alpha value is 0.0399. The minimum absolute atomic E-state index is 0.202. The van der Waals surface area contributed by atoms with Crippen LogP contribution in [0.5, 0.6) is 0 Å². The lowest BCUT2D eigenvalue weighted by molar-refractivity contribution is -0.106. The van der Waals surface area contributed by atoms with Gasteiger partial charge in [-0.15, -0.1) is 0 Å². The highest BCUT2D eigenvalue weighted by Gasteiger charge is 2.44. The van der Waals surface area contributed by atoms with Gasteiger partial charge in [0.2, 0.25) is 0 Å². The van der Waals surface area contributed by atoms with E-state index in [1.165, 1.54) is 0 Å². The van der Waals surface area contributed by atoms with E-state index in [9.17, 15) is 4.57 Å². The second-order valence-electron chi connectivity index (χ2n) is 10.4. The first-order valence-electron chi connectivity index (χ1n) is 12.1. The maximum atomic E-state index is 14.5. The Bertz CT molecular complexity index is 665. The van der Waals surface area contributed by atoms with Gasteiger partial charge in [-0.05, 0) is 34.6 Å². The molecule has 186 valence electrons. The standard InChI is InChI=1S/C21H41B2N4O5P/c1-16(2)25-10-17(31-19(22)12-25)15-30-33(28,26-8-6-24-7-9-26)27-11-18(32-20(23)13-27)14-29-21(3,4)5/h16-20,24H,6-15H2,1-5H3. The topological polar surface area (TPSA) is 75.7 Å². The number of rotatable bonds is 8. The molecule has 0 saturated carbocycles. The fourth-order valence-corrected chi connectivity index (χ4v) is 6.84. The summed E-state index contributed by atoms with van der Waals surface area (Å²) in [6, 6.07) is -0.602. The van der Waals surface area contributed by atoms with E-state index in [1.54, 1.807) is 0 Å². The first-order chi connectivity index (χ1) is 15.5. The molecule has 0 aromatic carbocycles. The zero-order valence-electron chi connectivity index (χ0n) is 20.9. The van der Waals surface area contributed by atoms with E-state index < -0.39 is 13.7 Å². The number of piperazine rings is 1. The van der Waals surface area contributed by atoms with Crippen LogP contribution in [0.25, 0.3) is 0 Å². The molecule has 0 bridgehead atoms. The highest BCUT2D eigenvalue weighted by molar-refractivity contribution is 7.54. The zero-order chi connectivity index (χ0) is 24.2. The molecule has 3 heterocycles. The maximum Gasteiger partial charge on any atom is 0.346 e. The molecule has 3 aliphatic heterocycles. The van der Waals surface area contributed by atoms with Crippen molar-refractivity contribution in [2.45, 2.75) is 70.5 Å². The summed E-state index contributed by atoms with van der Waals surface area (Å²) in [5.41, 5.74) is -0.298. The van der Waals surface area contributed by atoms with Crippen molar-refractivity contribution in [2.24, 2.45) is 0 Å². The van der Waals surface area contributed by atoms with Gasteiger partial charge in [-0.3, -0.25) is 9.46 Å². The zero-order valence-corrected chi connectivity index (χ0v) is 21.8. The molecular formula is C21H41B2N4O5P. The lowest BCUT2D eigenvalue weighted by atomic mass is 9.96. The second-order valence-corrected chi connectivity index (χ2v) is 12.8. The molecule has 33 heavy (non-hydrogen) atoms. The SMILES string of the molecule is [B]C1CN(C(C)C)CC(COP(=O)(N2CCNCC2)N2CC([B])OC(COC(C)(C)C)C2)O1. The van der Waals surface area contributed by atoms with Gasteiger partial charge in [0.05, 0.1) is 31.0 Å². The molecule has 0 spiro atoms. The fraction of sp³-hybridized carbons (Fsp3) is 1.00. The number of morpholine rings is 2. The van der Waals surface area contributed by atoms with Gasteiger partial charge in [-0.25, -0.2) is 9.34 Å². The Labute approximate surface area is 202 Å². The van der Waals surface area contributed by atoms with Crippen LogP contribution < -0.4 is 5.32 Å². The van der Waals surface area contributed by atoms with Crippen molar-refractivity contribution in [3.8, 4) is 0 Å². The van der Waals surface area contributed by atoms with Crippen molar-refractivity contribution in [2.75, 3.05) is 65.6 Å². The van der Waals surface area contributed by atoms with Gasteiger partial charge < -0.3 is 24.1 Å². The summed E-state index contributed by atoms with van der Waals surface area (Å²) < 4.78 is 42.4. The summed E-state index contributed by atoms with van der Waals surface area (Å²) in [6.45, 7) is 15.7. The molecule has 3 fully saturated rings. The van der Waals surface area contributed by atoms with Gasteiger partial charge in [0.25, 0.3) is 0 Å². The van der Waals surface area contributed by atoms with E-state index in [2.05, 4.69) is 24.1 Å². The Morgan fingerprint density at radius 2 is 1.58 bits per heavy atom. The number of ether oxygens (including phenoxy) is 3. The van der Waals surface area contributed by atoms with Crippen LogP contribution in [0.15, 0.2) is 0 Å². The lowest BCUT2D eigenvalue weighted by Gasteiger charge is -2.46. The van der Waals surface area contributed by atoms with Crippen LogP contribution in [0.2, 0.25) is 0 Å². The van der Waals surface area contributed by atoms with Crippen LogP contribution in [0.4, 0.5) is 0 Å². The minimum Gasteiger partial charge on any atom is -0.380 e. The van der Waals surface area contributed by atoms with Crippen molar-refractivity contribution in [3.05, 3.63) is 0 Å². The highest BCUT2D eigenvalue weighted by Crippen LogP contribution is 2.55. The first kappa shape index (κ1) is 27.6. The van der Waals surface area contributed by atoms with Gasteiger partial charge >= 0.3 is 7.67 Å². The predicted octanol–water partition coefficient (Wildman–Crippen LogP) is 0.631. The van der Waals surface area contributed by atoms with E-state index in [-0.39, 0.29) is 30.4 Å². The number of nitrogens with zero attached hydrogens (tertiary/aromatic N) is 3. The van der Waals surface area contributed by atoms with E-state index in [0.29, 0.717) is 51.9 Å². The maximum absolute atomic E-state index is 14.5. The number of hydrogen-bond acceptors (Lipinski definition) is 7. The van der Waals surface area contributed by atoms with Crippen molar-refractivity contribution in [3.63, 3.8) is 0 Å². The Kier molecular flexibility index (Phi) is 9.92. The predicted molar refractivity (Wildman–Crippen MR) is 131 cm³/mol. The third-order valence-corrected chi connectivity index (χ3v) is 8.70. The minimum atomic E-state index is -3.37. The highest BCUT2D eigenvalue weighted by atomic mass is 31.2. The van der Waals surface area contributed by atoms with E-state index in [4.69, 9.17) is 34.4 Å². The monoisotopic (exact) mass is 482 g/mol. The van der Waals surface area contributed by atoms with Crippen molar-refractivity contribution < 1.29 is 23.3 Å². The molecule has 0 amide bonds. The van der Waals surface area contributed by atoms with Crippen LogP contribution >= 0.6 is 7.67 Å². The fourth-order valence-electron chi connectivity index (χ4n) is 4.33. The summed E-state index contributed by atoms with van der Waals surface area (Å²) in [7, 11) is 8.97. The van der Waals surface area contributed by atoms with Crippen LogP contribution in [0, 0.1) is 0 Å². The van der Waals surface area contributed by atoms with Crippen LogP contribution in [0.3, 0.4) is 0 Å². The summed E-state index contributed by atoms with van der Waals surface area (Å²) in [6.07, 6.45) is -0.536. The van der Waals surface area contributed by atoms with Crippen molar-refractivity contribution in [1.82, 2.24) is 19.6 Å². The van der Waals surface area contributed by atoms with Gasteiger partial charge in [0.1, 0.15) is 15.7 Å². The van der Waals surface area contributed by atoms with Crippen molar-refractivity contribution in [1.29, 1.82) is 0 Å². The molecule has 0 aromatic rings. The van der Waals surface area contributed by atoms with Gasteiger partial charge in [0, 0.05) is 70.4 Å². The molecule has 0 aromatic heterocycles. The van der Waals surface area contributed by atoms with Crippen LogP contribution in [-0.2, 0) is 23.3 Å². The van der Waals surface area contributed by atoms with Gasteiger partial charge in [0.15, 0.2) is 0 Å². The summed E-state index contributed by atoms with van der Waals surface area (Å²) >= 11 is 0. The Morgan fingerprint density at radius 1 is 0.970 bits per heavy atom. The van der Waals surface area contributed by atoms with Crippen LogP contribution in [0.1, 0.15) is 34.6 Å². The Morgan fingerprint density at radius 3 is 2.18 bits per heavy atom. The molecular weight excluding hydrogens is 441 g/mol. The van der Waals surface area contributed by atoms with Crippen molar-refractivity contribution >= 4 is 23.4 Å². The normalized spacial score (nSPS) is 33.3. The molecule has 9 nitrogen and oxygen atoms in total. The smallest absolute Gasteiger partial charge is 0.346 e. The average molecular weight is 482 g/mol. The molecule has 3 rings (SSSR count). The Balaban J connectivity index is 1.72. The molecule has 0 aliphatic carbocycles. The number of nitrogens with one attached hydrogen (secondary N) is 1. The summed E-state index contributed by atoms with van der Waals surface area (Å²) in [4.78, 5) is 2.27. The van der Waals surface area contributed by atoms with E-state index >= 15 is 0 Å². The first-order valence-corrected chi connectivity index (χ1v) is 13.7. The average Bonchev–Trinajstić information content (AvgIpc) is 2.75. The second kappa shape index (κ2) is 11.8. The molecule has 3 saturated heterocycles.